The molecule has 0 radical (unpaired) electrons. The molecule has 0 spiro atoms. The lowest BCUT2D eigenvalue weighted by atomic mass is 9.99. The second kappa shape index (κ2) is 5.83. The van der Waals surface area contributed by atoms with Crippen molar-refractivity contribution in [3.05, 3.63) is 28.7 Å². The molecule has 0 N–H and O–H groups in total. The number of methoxy groups -OCH3 is 1. The van der Waals surface area contributed by atoms with Crippen LogP contribution in [0.1, 0.15) is 6.92 Å². The molecule has 1 saturated heterocycles. The number of carbonyl (C=O) groups excluding carboxylic acids is 1. The average Bonchev–Trinajstić information content (AvgIpc) is 2.80. The highest BCUT2D eigenvalue weighted by molar-refractivity contribution is 9.10. The molecule has 5 nitrogen and oxygen atoms in total. The van der Waals surface area contributed by atoms with Crippen molar-refractivity contribution in [1.29, 1.82) is 0 Å². The smallest absolute Gasteiger partial charge is 0.310 e. The predicted octanol–water partition coefficient (Wildman–Crippen LogP) is 1.88. The van der Waals surface area contributed by atoms with Gasteiger partial charge < -0.3 is 4.74 Å². The van der Waals surface area contributed by atoms with Gasteiger partial charge in [-0.2, -0.15) is 4.31 Å². The van der Waals surface area contributed by atoms with Crippen molar-refractivity contribution in [2.45, 2.75) is 11.8 Å². The number of carbonyl (C=O) groups is 1. The van der Waals surface area contributed by atoms with Crippen LogP contribution < -0.4 is 0 Å². The minimum atomic E-state index is -3.57. The Morgan fingerprint density at radius 1 is 1.40 bits per heavy atom. The maximum atomic E-state index is 12.5. The van der Waals surface area contributed by atoms with Gasteiger partial charge in [-0.05, 0) is 24.1 Å². The maximum absolute atomic E-state index is 12.5. The fraction of sp³-hybridized carbons (Fsp3) is 0.462. The van der Waals surface area contributed by atoms with E-state index >= 15 is 0 Å². The average molecular weight is 362 g/mol. The lowest BCUT2D eigenvalue weighted by Crippen LogP contribution is -2.30. The van der Waals surface area contributed by atoms with Crippen molar-refractivity contribution in [1.82, 2.24) is 4.31 Å². The Morgan fingerprint density at radius 2 is 2.10 bits per heavy atom. The van der Waals surface area contributed by atoms with Gasteiger partial charge in [-0.3, -0.25) is 4.79 Å². The monoisotopic (exact) mass is 361 g/mol. The van der Waals surface area contributed by atoms with Crippen LogP contribution in [0.25, 0.3) is 0 Å². The van der Waals surface area contributed by atoms with E-state index < -0.39 is 15.9 Å². The lowest BCUT2D eigenvalue weighted by Gasteiger charge is -2.16. The van der Waals surface area contributed by atoms with Gasteiger partial charge in [0.1, 0.15) is 0 Å². The summed E-state index contributed by atoms with van der Waals surface area (Å²) in [4.78, 5) is 11.9. The van der Waals surface area contributed by atoms with Crippen molar-refractivity contribution in [2.24, 2.45) is 11.8 Å². The quantitative estimate of drug-likeness (QED) is 0.771. The molecule has 1 aromatic rings. The largest absolute Gasteiger partial charge is 0.469 e. The Bertz CT molecular complexity index is 617. The van der Waals surface area contributed by atoms with E-state index in [-0.39, 0.29) is 23.3 Å². The number of sulfonamides is 1. The zero-order valence-electron chi connectivity index (χ0n) is 11.2. The minimum absolute atomic E-state index is 0.0515. The highest BCUT2D eigenvalue weighted by Gasteiger charge is 2.41. The first kappa shape index (κ1) is 15.5. The second-order valence-corrected chi connectivity index (χ2v) is 7.74. The van der Waals surface area contributed by atoms with Crippen LogP contribution in [0.5, 0.6) is 0 Å². The van der Waals surface area contributed by atoms with E-state index in [2.05, 4.69) is 15.9 Å². The summed E-state index contributed by atoms with van der Waals surface area (Å²) < 4.78 is 31.9. The van der Waals surface area contributed by atoms with Crippen LogP contribution in [0.15, 0.2) is 33.6 Å². The molecular formula is C13H16BrNO4S. The molecule has 110 valence electrons. The summed E-state index contributed by atoms with van der Waals surface area (Å²) in [6, 6.07) is 6.55. The first-order valence-corrected chi connectivity index (χ1v) is 8.43. The van der Waals surface area contributed by atoms with Crippen LogP contribution >= 0.6 is 15.9 Å². The van der Waals surface area contributed by atoms with Crippen molar-refractivity contribution < 1.29 is 17.9 Å². The van der Waals surface area contributed by atoms with Crippen LogP contribution in [0.4, 0.5) is 0 Å². The van der Waals surface area contributed by atoms with Crippen molar-refractivity contribution in [3.63, 3.8) is 0 Å². The first-order chi connectivity index (χ1) is 9.36. The fourth-order valence-electron chi connectivity index (χ4n) is 2.35. The minimum Gasteiger partial charge on any atom is -0.469 e. The highest BCUT2D eigenvalue weighted by atomic mass is 79.9. The van der Waals surface area contributed by atoms with Crippen LogP contribution in [-0.2, 0) is 19.6 Å². The van der Waals surface area contributed by atoms with Crippen LogP contribution in [0, 0.1) is 11.8 Å². The van der Waals surface area contributed by atoms with Gasteiger partial charge in [0.2, 0.25) is 10.0 Å². The van der Waals surface area contributed by atoms with Crippen molar-refractivity contribution >= 4 is 31.9 Å². The summed E-state index contributed by atoms with van der Waals surface area (Å²) in [5.41, 5.74) is 0. The molecular weight excluding hydrogens is 346 g/mol. The molecule has 2 atom stereocenters. The third-order valence-corrected chi connectivity index (χ3v) is 5.84. The Hall–Kier alpha value is -0.920. The molecule has 0 saturated carbocycles. The van der Waals surface area contributed by atoms with E-state index in [1.807, 2.05) is 6.92 Å². The molecule has 2 rings (SSSR count). The van der Waals surface area contributed by atoms with Crippen LogP contribution in [0.2, 0.25) is 0 Å². The Kier molecular flexibility index (Phi) is 4.51. The summed E-state index contributed by atoms with van der Waals surface area (Å²) >= 11 is 3.26. The number of esters is 1. The normalized spacial score (nSPS) is 23.8. The van der Waals surface area contributed by atoms with Crippen LogP contribution in [0.3, 0.4) is 0 Å². The zero-order valence-corrected chi connectivity index (χ0v) is 13.6. The van der Waals surface area contributed by atoms with Gasteiger partial charge in [0, 0.05) is 17.6 Å². The molecule has 0 aliphatic carbocycles. The number of ether oxygens (including phenoxy) is 1. The number of hydrogen-bond acceptors (Lipinski definition) is 4. The summed E-state index contributed by atoms with van der Waals surface area (Å²) in [5, 5.41) is 0. The summed E-state index contributed by atoms with van der Waals surface area (Å²) in [6.45, 7) is 2.36. The number of halogens is 1. The van der Waals surface area contributed by atoms with E-state index in [1.54, 1.807) is 24.3 Å². The standard InChI is InChI=1S/C13H16BrNO4S/c1-9-7-15(8-12(9)13(16)19-2)20(17,18)11-5-3-4-10(14)6-11/h3-6,9,12H,7-8H2,1-2H3. The molecule has 7 heteroatoms. The van der Waals surface area contributed by atoms with Gasteiger partial charge in [0.05, 0.1) is 17.9 Å². The van der Waals surface area contributed by atoms with Crippen molar-refractivity contribution in [3.8, 4) is 0 Å². The first-order valence-electron chi connectivity index (χ1n) is 6.20. The lowest BCUT2D eigenvalue weighted by molar-refractivity contribution is -0.145. The molecule has 20 heavy (non-hydrogen) atoms. The molecule has 1 aliphatic heterocycles. The maximum Gasteiger partial charge on any atom is 0.310 e. The van der Waals surface area contributed by atoms with E-state index in [1.165, 1.54) is 11.4 Å². The number of nitrogens with zero attached hydrogens (tertiary/aromatic N) is 1. The summed E-state index contributed by atoms with van der Waals surface area (Å²) in [5.74, 6) is -0.809. The zero-order chi connectivity index (χ0) is 14.9. The molecule has 0 aromatic heterocycles. The van der Waals surface area contributed by atoms with Gasteiger partial charge in [0.25, 0.3) is 0 Å². The molecule has 2 unspecified atom stereocenters. The van der Waals surface area contributed by atoms with Gasteiger partial charge >= 0.3 is 5.97 Å². The van der Waals surface area contributed by atoms with E-state index in [0.717, 1.165) is 0 Å². The Balaban J connectivity index is 2.26. The molecule has 0 bridgehead atoms. The number of rotatable bonds is 3. The van der Waals surface area contributed by atoms with Gasteiger partial charge in [-0.15, -0.1) is 0 Å². The second-order valence-electron chi connectivity index (χ2n) is 4.89. The third kappa shape index (κ3) is 2.89. The van der Waals surface area contributed by atoms with E-state index in [9.17, 15) is 13.2 Å². The molecule has 1 fully saturated rings. The van der Waals surface area contributed by atoms with Gasteiger partial charge in [-0.25, -0.2) is 8.42 Å². The number of benzene rings is 1. The fourth-order valence-corrected chi connectivity index (χ4v) is 4.52. The molecule has 1 heterocycles. The summed E-state index contributed by atoms with van der Waals surface area (Å²) in [6.07, 6.45) is 0. The highest BCUT2D eigenvalue weighted by Crippen LogP contribution is 2.30. The third-order valence-electron chi connectivity index (χ3n) is 3.52. The number of hydrogen-bond donors (Lipinski definition) is 0. The van der Waals surface area contributed by atoms with Crippen LogP contribution in [-0.4, -0.2) is 38.9 Å². The van der Waals surface area contributed by atoms with Gasteiger partial charge in [-0.1, -0.05) is 28.9 Å². The SMILES string of the molecule is COC(=O)C1CN(S(=O)(=O)c2cccc(Br)c2)CC1C. The Labute approximate surface area is 127 Å². The van der Waals surface area contributed by atoms with Gasteiger partial charge in [0.15, 0.2) is 0 Å². The molecule has 1 aliphatic rings. The Morgan fingerprint density at radius 3 is 2.70 bits per heavy atom. The molecule has 0 amide bonds. The predicted molar refractivity (Wildman–Crippen MR) is 77.6 cm³/mol. The van der Waals surface area contributed by atoms with Crippen molar-refractivity contribution in [2.75, 3.05) is 20.2 Å². The summed E-state index contributed by atoms with van der Waals surface area (Å²) in [7, 11) is -2.25. The van der Waals surface area contributed by atoms with E-state index in [4.69, 9.17) is 4.74 Å². The topological polar surface area (TPSA) is 63.7 Å². The molecule has 1 aromatic carbocycles. The van der Waals surface area contributed by atoms with E-state index in [0.29, 0.717) is 11.0 Å².